The van der Waals surface area contributed by atoms with Gasteiger partial charge in [0.1, 0.15) is 24.4 Å². The van der Waals surface area contributed by atoms with Crippen molar-refractivity contribution in [1.29, 1.82) is 0 Å². The van der Waals surface area contributed by atoms with Gasteiger partial charge in [-0.1, -0.05) is 44.2 Å². The third-order valence-corrected chi connectivity index (χ3v) is 4.48. The molecule has 0 saturated heterocycles. The summed E-state index contributed by atoms with van der Waals surface area (Å²) in [7, 11) is 0. The summed E-state index contributed by atoms with van der Waals surface area (Å²) in [6.07, 6.45) is -7.72. The fraction of sp³-hybridized carbons (Fsp3) is 0.647. The number of rotatable bonds is 9. The van der Waals surface area contributed by atoms with Crippen molar-refractivity contribution in [2.45, 2.75) is 69.2 Å². The molecule has 1 aromatic carbocycles. The molecule has 0 heterocycles. The Morgan fingerprint density at radius 2 is 1.35 bits per heavy atom. The first kappa shape index (κ1) is 20.0. The molecule has 0 radical (unpaired) electrons. The minimum atomic E-state index is -1.78. The molecule has 1 unspecified atom stereocenters. The van der Waals surface area contributed by atoms with Crippen molar-refractivity contribution in [3.8, 4) is 0 Å². The molecule has 5 atom stereocenters. The molecule has 0 spiro atoms. The van der Waals surface area contributed by atoms with Gasteiger partial charge in [0.15, 0.2) is 0 Å². The highest BCUT2D eigenvalue weighted by Crippen LogP contribution is 2.24. The third kappa shape index (κ3) is 4.97. The van der Waals surface area contributed by atoms with Crippen molar-refractivity contribution >= 4 is 0 Å². The van der Waals surface area contributed by atoms with Gasteiger partial charge < -0.3 is 30.6 Å². The molecule has 0 aliphatic rings. The van der Waals surface area contributed by atoms with Gasteiger partial charge in [0, 0.05) is 6.42 Å². The zero-order valence-corrected chi connectivity index (χ0v) is 13.6. The highest BCUT2D eigenvalue weighted by molar-refractivity contribution is 5.16. The summed E-state index contributed by atoms with van der Waals surface area (Å²) in [6.45, 7) is 3.29. The van der Waals surface area contributed by atoms with Crippen LogP contribution in [0.3, 0.4) is 0 Å². The first-order valence-corrected chi connectivity index (χ1v) is 7.93. The summed E-state index contributed by atoms with van der Waals surface area (Å²) < 4.78 is 0. The molecule has 0 amide bonds. The lowest BCUT2D eigenvalue weighted by Crippen LogP contribution is -2.56. The molecule has 6 N–H and O–H groups in total. The molecule has 0 aliphatic carbocycles. The van der Waals surface area contributed by atoms with Crippen LogP contribution >= 0.6 is 0 Å². The maximum absolute atomic E-state index is 10.2. The number of benzene rings is 1. The summed E-state index contributed by atoms with van der Waals surface area (Å²) in [5.41, 5.74) is -0.801. The SMILES string of the molecule is CCC(O)(CC)[C@@H](O)[C@@H](O)[C@H](O)[C@@H](O)C(O)Cc1ccccc1. The number of aliphatic hydroxyl groups is 6. The topological polar surface area (TPSA) is 121 Å². The normalized spacial score (nSPS) is 19.0. The Bertz CT molecular complexity index is 448. The van der Waals surface area contributed by atoms with Crippen molar-refractivity contribution in [3.05, 3.63) is 35.9 Å². The Morgan fingerprint density at radius 3 is 1.83 bits per heavy atom. The second-order valence-electron chi connectivity index (χ2n) is 5.98. The van der Waals surface area contributed by atoms with E-state index in [1.54, 1.807) is 38.1 Å². The summed E-state index contributed by atoms with van der Waals surface area (Å²) in [5.74, 6) is 0. The lowest BCUT2D eigenvalue weighted by atomic mass is 9.84. The van der Waals surface area contributed by atoms with Crippen LogP contribution in [0, 0.1) is 0 Å². The van der Waals surface area contributed by atoms with E-state index in [0.29, 0.717) is 0 Å². The standard InChI is InChI=1S/C17H28O6/c1-3-17(23,4-2)16(22)15(21)14(20)13(19)12(18)10-11-8-6-5-7-9-11/h5-9,12-16,18-23H,3-4,10H2,1-2H3/t12?,13-,14+,15-,16-/m0/s1. The van der Waals surface area contributed by atoms with E-state index < -0.39 is 36.1 Å². The van der Waals surface area contributed by atoms with Crippen LogP contribution in [-0.2, 0) is 6.42 Å². The van der Waals surface area contributed by atoms with Crippen LogP contribution in [0.25, 0.3) is 0 Å². The fourth-order valence-corrected chi connectivity index (χ4v) is 2.58. The Morgan fingerprint density at radius 1 is 0.826 bits per heavy atom. The van der Waals surface area contributed by atoms with E-state index in [0.717, 1.165) is 5.56 Å². The molecule has 6 nitrogen and oxygen atoms in total. The maximum Gasteiger partial charge on any atom is 0.111 e. The molecule has 1 rings (SSSR count). The molecule has 0 fully saturated rings. The monoisotopic (exact) mass is 328 g/mol. The van der Waals surface area contributed by atoms with E-state index in [-0.39, 0.29) is 19.3 Å². The van der Waals surface area contributed by atoms with Crippen molar-refractivity contribution in [1.82, 2.24) is 0 Å². The fourth-order valence-electron chi connectivity index (χ4n) is 2.58. The molecule has 0 saturated carbocycles. The average molecular weight is 328 g/mol. The van der Waals surface area contributed by atoms with E-state index in [9.17, 15) is 30.6 Å². The Kier molecular flexibility index (Phi) is 7.60. The molecule has 23 heavy (non-hydrogen) atoms. The average Bonchev–Trinajstić information content (AvgIpc) is 2.59. The second-order valence-corrected chi connectivity index (χ2v) is 5.98. The smallest absolute Gasteiger partial charge is 0.111 e. The molecule has 0 bridgehead atoms. The van der Waals surface area contributed by atoms with Gasteiger partial charge >= 0.3 is 0 Å². The molecular formula is C17H28O6. The largest absolute Gasteiger partial charge is 0.390 e. The van der Waals surface area contributed by atoms with Crippen molar-refractivity contribution in [2.75, 3.05) is 0 Å². The summed E-state index contributed by atoms with van der Waals surface area (Å²) in [4.78, 5) is 0. The second kappa shape index (κ2) is 8.73. The number of hydrogen-bond acceptors (Lipinski definition) is 6. The molecule has 132 valence electrons. The zero-order chi connectivity index (χ0) is 17.6. The highest BCUT2D eigenvalue weighted by Gasteiger charge is 2.43. The van der Waals surface area contributed by atoms with Crippen LogP contribution in [0.4, 0.5) is 0 Å². The summed E-state index contributed by atoms with van der Waals surface area (Å²) >= 11 is 0. The summed E-state index contributed by atoms with van der Waals surface area (Å²) in [6, 6.07) is 8.91. The van der Waals surface area contributed by atoms with Gasteiger partial charge in [-0.05, 0) is 18.4 Å². The number of hydrogen-bond donors (Lipinski definition) is 6. The minimum absolute atomic E-state index is 0.0910. The Labute approximate surface area is 136 Å². The van der Waals surface area contributed by atoms with Crippen LogP contribution in [0.5, 0.6) is 0 Å². The van der Waals surface area contributed by atoms with Gasteiger partial charge in [-0.3, -0.25) is 0 Å². The van der Waals surface area contributed by atoms with Crippen LogP contribution in [0.1, 0.15) is 32.3 Å². The van der Waals surface area contributed by atoms with Gasteiger partial charge in [-0.25, -0.2) is 0 Å². The van der Waals surface area contributed by atoms with Gasteiger partial charge in [0.25, 0.3) is 0 Å². The van der Waals surface area contributed by atoms with Crippen molar-refractivity contribution in [3.63, 3.8) is 0 Å². The van der Waals surface area contributed by atoms with E-state index in [1.165, 1.54) is 0 Å². The van der Waals surface area contributed by atoms with Crippen LogP contribution < -0.4 is 0 Å². The van der Waals surface area contributed by atoms with Gasteiger partial charge in [0.2, 0.25) is 0 Å². The van der Waals surface area contributed by atoms with Crippen molar-refractivity contribution < 1.29 is 30.6 Å². The first-order valence-electron chi connectivity index (χ1n) is 7.93. The van der Waals surface area contributed by atoms with E-state index in [4.69, 9.17) is 0 Å². The number of aliphatic hydroxyl groups excluding tert-OH is 5. The lowest BCUT2D eigenvalue weighted by molar-refractivity contribution is -0.182. The van der Waals surface area contributed by atoms with Crippen molar-refractivity contribution in [2.24, 2.45) is 0 Å². The predicted octanol–water partition coefficient (Wildman–Crippen LogP) is -0.415. The molecule has 0 aliphatic heterocycles. The lowest BCUT2D eigenvalue weighted by Gasteiger charge is -2.37. The quantitative estimate of drug-likeness (QED) is 0.366. The maximum atomic E-state index is 10.2. The minimum Gasteiger partial charge on any atom is -0.390 e. The highest BCUT2D eigenvalue weighted by atomic mass is 16.4. The molecular weight excluding hydrogens is 300 g/mol. The van der Waals surface area contributed by atoms with Crippen LogP contribution in [0.15, 0.2) is 30.3 Å². The van der Waals surface area contributed by atoms with Gasteiger partial charge in [-0.15, -0.1) is 0 Å². The van der Waals surface area contributed by atoms with Crippen LogP contribution in [0.2, 0.25) is 0 Å². The van der Waals surface area contributed by atoms with Crippen LogP contribution in [-0.4, -0.2) is 66.8 Å². The van der Waals surface area contributed by atoms with Gasteiger partial charge in [-0.2, -0.15) is 0 Å². The zero-order valence-electron chi connectivity index (χ0n) is 13.6. The Hall–Kier alpha value is -1.02. The molecule has 1 aromatic rings. The predicted molar refractivity (Wildman–Crippen MR) is 85.7 cm³/mol. The molecule has 0 aromatic heterocycles. The Balaban J connectivity index is 2.72. The summed E-state index contributed by atoms with van der Waals surface area (Å²) in [5, 5.41) is 60.4. The molecule has 6 heteroatoms. The van der Waals surface area contributed by atoms with Gasteiger partial charge in [0.05, 0.1) is 11.7 Å². The first-order chi connectivity index (χ1) is 10.8. The van der Waals surface area contributed by atoms with E-state index in [2.05, 4.69) is 0 Å². The third-order valence-electron chi connectivity index (χ3n) is 4.48. The van der Waals surface area contributed by atoms with E-state index >= 15 is 0 Å². The van der Waals surface area contributed by atoms with E-state index in [1.807, 2.05) is 6.07 Å².